The van der Waals surface area contributed by atoms with E-state index in [0.717, 1.165) is 24.1 Å². The monoisotopic (exact) mass is 369 g/mol. The summed E-state index contributed by atoms with van der Waals surface area (Å²) in [5.41, 5.74) is 2.73. The van der Waals surface area contributed by atoms with Crippen LogP contribution >= 0.6 is 27.5 Å². The Kier molecular flexibility index (Phi) is 5.80. The van der Waals surface area contributed by atoms with Gasteiger partial charge >= 0.3 is 0 Å². The maximum Gasteiger partial charge on any atom is 0.142 e. The molecule has 2 rings (SSSR count). The molecule has 2 aromatic carbocycles. The molecule has 0 spiro atoms. The first-order valence-corrected chi connectivity index (χ1v) is 8.15. The molecule has 1 atom stereocenters. The summed E-state index contributed by atoms with van der Waals surface area (Å²) in [6, 6.07) is 10.9. The van der Waals surface area contributed by atoms with E-state index in [4.69, 9.17) is 11.6 Å². The predicted octanol–water partition coefficient (Wildman–Crippen LogP) is 5.64. The second kappa shape index (κ2) is 7.39. The number of hydrogen-bond donors (Lipinski definition) is 1. The van der Waals surface area contributed by atoms with Crippen LogP contribution in [-0.4, -0.2) is 6.54 Å². The Morgan fingerprint density at radius 1 is 1.24 bits per heavy atom. The van der Waals surface area contributed by atoms with Crippen molar-refractivity contribution in [3.05, 3.63) is 68.4 Å². The van der Waals surface area contributed by atoms with Crippen molar-refractivity contribution < 1.29 is 4.39 Å². The number of hydrogen-bond acceptors (Lipinski definition) is 1. The molecule has 4 heteroatoms. The zero-order chi connectivity index (χ0) is 15.4. The quantitative estimate of drug-likeness (QED) is 0.718. The molecular formula is C17H18BrClFN. The van der Waals surface area contributed by atoms with Crippen LogP contribution in [0.15, 0.2) is 40.9 Å². The van der Waals surface area contributed by atoms with Gasteiger partial charge in [0.25, 0.3) is 0 Å². The van der Waals surface area contributed by atoms with Crippen LogP contribution in [0, 0.1) is 12.7 Å². The van der Waals surface area contributed by atoms with Gasteiger partial charge in [0.1, 0.15) is 5.82 Å². The van der Waals surface area contributed by atoms with Crippen molar-refractivity contribution in [2.24, 2.45) is 0 Å². The maximum atomic E-state index is 14.5. The normalized spacial score (nSPS) is 12.4. The van der Waals surface area contributed by atoms with Crippen LogP contribution in [-0.2, 0) is 0 Å². The average molecular weight is 371 g/mol. The molecule has 1 nitrogen and oxygen atoms in total. The molecule has 0 aromatic heterocycles. The molecule has 0 fully saturated rings. The molecule has 0 bridgehead atoms. The van der Waals surface area contributed by atoms with Crippen molar-refractivity contribution in [2.75, 3.05) is 6.54 Å². The van der Waals surface area contributed by atoms with Crippen molar-refractivity contribution in [1.29, 1.82) is 0 Å². The molecule has 0 amide bonds. The van der Waals surface area contributed by atoms with E-state index in [1.54, 1.807) is 6.07 Å². The molecule has 2 aromatic rings. The molecule has 0 heterocycles. The lowest BCUT2D eigenvalue weighted by atomic mass is 9.94. The van der Waals surface area contributed by atoms with E-state index in [1.165, 1.54) is 0 Å². The molecule has 0 radical (unpaired) electrons. The summed E-state index contributed by atoms with van der Waals surface area (Å²) in [5.74, 6) is -0.231. The number of rotatable bonds is 5. The van der Waals surface area contributed by atoms with Gasteiger partial charge in [-0.25, -0.2) is 4.39 Å². The van der Waals surface area contributed by atoms with Gasteiger partial charge < -0.3 is 5.32 Å². The molecule has 21 heavy (non-hydrogen) atoms. The van der Waals surface area contributed by atoms with Gasteiger partial charge in [0, 0.05) is 10.6 Å². The zero-order valence-electron chi connectivity index (χ0n) is 12.1. The van der Waals surface area contributed by atoms with Gasteiger partial charge in [0.2, 0.25) is 0 Å². The SMILES string of the molecule is CCCNC(c1cc(Cl)ccc1C)c1cccc(Br)c1F. The largest absolute Gasteiger partial charge is 0.306 e. The van der Waals surface area contributed by atoms with Crippen LogP contribution in [0.5, 0.6) is 0 Å². The maximum absolute atomic E-state index is 14.5. The van der Waals surface area contributed by atoms with E-state index >= 15 is 0 Å². The number of benzene rings is 2. The number of nitrogens with one attached hydrogen (secondary N) is 1. The van der Waals surface area contributed by atoms with E-state index in [9.17, 15) is 4.39 Å². The van der Waals surface area contributed by atoms with Crippen LogP contribution in [0.1, 0.15) is 36.1 Å². The summed E-state index contributed by atoms with van der Waals surface area (Å²) >= 11 is 9.38. The van der Waals surface area contributed by atoms with Crippen LogP contribution < -0.4 is 5.32 Å². The third kappa shape index (κ3) is 3.85. The van der Waals surface area contributed by atoms with Crippen molar-refractivity contribution >= 4 is 27.5 Å². The van der Waals surface area contributed by atoms with E-state index in [0.29, 0.717) is 15.1 Å². The highest BCUT2D eigenvalue weighted by Crippen LogP contribution is 2.31. The molecule has 0 saturated carbocycles. The first-order valence-electron chi connectivity index (χ1n) is 6.98. The second-order valence-electron chi connectivity index (χ2n) is 5.03. The fourth-order valence-corrected chi connectivity index (χ4v) is 2.90. The molecule has 0 saturated heterocycles. The third-order valence-electron chi connectivity index (χ3n) is 3.44. The lowest BCUT2D eigenvalue weighted by Crippen LogP contribution is -2.25. The Morgan fingerprint density at radius 2 is 2.00 bits per heavy atom. The fraction of sp³-hybridized carbons (Fsp3) is 0.294. The minimum Gasteiger partial charge on any atom is -0.306 e. The fourth-order valence-electron chi connectivity index (χ4n) is 2.34. The summed E-state index contributed by atoms with van der Waals surface area (Å²) in [4.78, 5) is 0. The highest BCUT2D eigenvalue weighted by Gasteiger charge is 2.20. The molecule has 112 valence electrons. The summed E-state index contributed by atoms with van der Waals surface area (Å²) in [7, 11) is 0. The van der Waals surface area contributed by atoms with Gasteiger partial charge in [0.15, 0.2) is 0 Å². The van der Waals surface area contributed by atoms with Crippen molar-refractivity contribution in [3.8, 4) is 0 Å². The van der Waals surface area contributed by atoms with Gasteiger partial charge in [-0.1, -0.05) is 36.7 Å². The topological polar surface area (TPSA) is 12.0 Å². The van der Waals surface area contributed by atoms with E-state index in [2.05, 4.69) is 28.2 Å². The Hall–Kier alpha value is -0.900. The Balaban J connectivity index is 2.52. The van der Waals surface area contributed by atoms with E-state index in [1.807, 2.05) is 37.3 Å². The van der Waals surface area contributed by atoms with Crippen LogP contribution in [0.3, 0.4) is 0 Å². The number of halogens is 3. The summed E-state index contributed by atoms with van der Waals surface area (Å²) in [6.45, 7) is 4.91. The predicted molar refractivity (Wildman–Crippen MR) is 90.4 cm³/mol. The van der Waals surface area contributed by atoms with Crippen molar-refractivity contribution in [2.45, 2.75) is 26.3 Å². The Labute approximate surface area is 138 Å². The summed E-state index contributed by atoms with van der Waals surface area (Å²) in [5, 5.41) is 4.08. The smallest absolute Gasteiger partial charge is 0.142 e. The first kappa shape index (κ1) is 16.5. The summed E-state index contributed by atoms with van der Waals surface area (Å²) in [6.07, 6.45) is 0.978. The molecule has 0 aliphatic rings. The molecule has 1 N–H and O–H groups in total. The Bertz CT molecular complexity index is 628. The summed E-state index contributed by atoms with van der Waals surface area (Å²) < 4.78 is 15.0. The van der Waals surface area contributed by atoms with Crippen LogP contribution in [0.4, 0.5) is 4.39 Å². The molecule has 0 aliphatic carbocycles. The van der Waals surface area contributed by atoms with Gasteiger partial charge in [-0.3, -0.25) is 0 Å². The van der Waals surface area contributed by atoms with Crippen LogP contribution in [0.25, 0.3) is 0 Å². The highest BCUT2D eigenvalue weighted by molar-refractivity contribution is 9.10. The molecular weight excluding hydrogens is 353 g/mol. The van der Waals surface area contributed by atoms with Crippen LogP contribution in [0.2, 0.25) is 5.02 Å². The van der Waals surface area contributed by atoms with Gasteiger partial charge in [-0.05, 0) is 65.1 Å². The Morgan fingerprint density at radius 3 is 2.71 bits per heavy atom. The number of aryl methyl sites for hydroxylation is 1. The zero-order valence-corrected chi connectivity index (χ0v) is 14.4. The molecule has 1 unspecified atom stereocenters. The second-order valence-corrected chi connectivity index (χ2v) is 6.32. The highest BCUT2D eigenvalue weighted by atomic mass is 79.9. The van der Waals surface area contributed by atoms with Gasteiger partial charge in [-0.2, -0.15) is 0 Å². The van der Waals surface area contributed by atoms with E-state index in [-0.39, 0.29) is 11.9 Å². The van der Waals surface area contributed by atoms with Crippen molar-refractivity contribution in [3.63, 3.8) is 0 Å². The van der Waals surface area contributed by atoms with Crippen molar-refractivity contribution in [1.82, 2.24) is 5.32 Å². The van der Waals surface area contributed by atoms with Gasteiger partial charge in [0.05, 0.1) is 10.5 Å². The van der Waals surface area contributed by atoms with E-state index < -0.39 is 0 Å². The third-order valence-corrected chi connectivity index (χ3v) is 4.29. The lowest BCUT2D eigenvalue weighted by Gasteiger charge is -2.22. The minimum absolute atomic E-state index is 0.207. The average Bonchev–Trinajstić information content (AvgIpc) is 2.47. The molecule has 0 aliphatic heterocycles. The minimum atomic E-state index is -0.231. The first-order chi connectivity index (χ1) is 10.0. The lowest BCUT2D eigenvalue weighted by molar-refractivity contribution is 0.542. The van der Waals surface area contributed by atoms with Gasteiger partial charge in [-0.15, -0.1) is 0 Å². The standard InChI is InChI=1S/C17H18BrClFN/c1-3-9-21-17(13-5-4-6-15(18)16(13)20)14-10-12(19)8-7-11(14)2/h4-8,10,17,21H,3,9H2,1-2H3.